The lowest BCUT2D eigenvalue weighted by Crippen LogP contribution is -2.47. The monoisotopic (exact) mass is 284 g/mol. The number of nitrogens with zero attached hydrogens (tertiary/aromatic N) is 2. The van der Waals surface area contributed by atoms with Gasteiger partial charge >= 0.3 is 0 Å². The smallest absolute Gasteiger partial charge is 0.0809 e. The Kier molecular flexibility index (Phi) is 7.28. The molecule has 1 atom stereocenters. The maximum atomic E-state index is 5.75. The Morgan fingerprint density at radius 2 is 1.80 bits per heavy atom. The normalized spacial score (nSPS) is 25.6. The average Bonchev–Trinajstić information content (AvgIpc) is 2.96. The zero-order valence-corrected chi connectivity index (χ0v) is 13.4. The molecule has 118 valence electrons. The fourth-order valence-electron chi connectivity index (χ4n) is 2.86. The van der Waals surface area contributed by atoms with Crippen LogP contribution < -0.4 is 0 Å². The summed E-state index contributed by atoms with van der Waals surface area (Å²) in [6.07, 6.45) is 4.06. The fourth-order valence-corrected chi connectivity index (χ4v) is 2.86. The van der Waals surface area contributed by atoms with E-state index in [0.717, 1.165) is 32.3 Å². The van der Waals surface area contributed by atoms with Gasteiger partial charge in [0.25, 0.3) is 0 Å². The molecule has 0 radical (unpaired) electrons. The van der Waals surface area contributed by atoms with E-state index in [1.807, 2.05) is 0 Å². The molecule has 2 aliphatic rings. The van der Waals surface area contributed by atoms with Gasteiger partial charge in [-0.3, -0.25) is 4.90 Å². The van der Waals surface area contributed by atoms with Crippen LogP contribution in [-0.4, -0.2) is 75.0 Å². The number of rotatable bonds is 8. The van der Waals surface area contributed by atoms with Crippen molar-refractivity contribution in [3.63, 3.8) is 0 Å². The summed E-state index contributed by atoms with van der Waals surface area (Å²) in [4.78, 5) is 5.13. The summed E-state index contributed by atoms with van der Waals surface area (Å²) in [6, 6.07) is 0. The highest BCUT2D eigenvalue weighted by Gasteiger charge is 2.18. The van der Waals surface area contributed by atoms with Crippen LogP contribution in [0.3, 0.4) is 0 Å². The van der Waals surface area contributed by atoms with Gasteiger partial charge < -0.3 is 14.4 Å². The highest BCUT2D eigenvalue weighted by Crippen LogP contribution is 2.12. The van der Waals surface area contributed by atoms with Crippen LogP contribution in [0.2, 0.25) is 0 Å². The Labute approximate surface area is 124 Å². The summed E-state index contributed by atoms with van der Waals surface area (Å²) in [5.41, 5.74) is 0. The summed E-state index contributed by atoms with van der Waals surface area (Å²) in [7, 11) is 0. The van der Waals surface area contributed by atoms with E-state index in [9.17, 15) is 0 Å². The lowest BCUT2D eigenvalue weighted by molar-refractivity contribution is 0.00627. The van der Waals surface area contributed by atoms with Crippen LogP contribution in [0.5, 0.6) is 0 Å². The Balaban J connectivity index is 1.47. The van der Waals surface area contributed by atoms with Crippen molar-refractivity contribution in [1.29, 1.82) is 0 Å². The molecule has 0 N–H and O–H groups in total. The van der Waals surface area contributed by atoms with E-state index in [2.05, 4.69) is 23.6 Å². The molecule has 0 spiro atoms. The van der Waals surface area contributed by atoms with Crippen molar-refractivity contribution in [3.8, 4) is 0 Å². The molecule has 1 unspecified atom stereocenters. The molecule has 0 aromatic heterocycles. The van der Waals surface area contributed by atoms with Crippen LogP contribution in [0, 0.1) is 5.92 Å². The first-order chi connectivity index (χ1) is 9.74. The number of piperazine rings is 1. The van der Waals surface area contributed by atoms with E-state index in [4.69, 9.17) is 9.47 Å². The van der Waals surface area contributed by atoms with E-state index >= 15 is 0 Å². The van der Waals surface area contributed by atoms with Gasteiger partial charge in [-0.2, -0.15) is 0 Å². The molecule has 0 aliphatic carbocycles. The average molecular weight is 284 g/mol. The Morgan fingerprint density at radius 1 is 1.10 bits per heavy atom. The Hall–Kier alpha value is -0.160. The molecule has 20 heavy (non-hydrogen) atoms. The molecule has 0 aromatic carbocycles. The fraction of sp³-hybridized carbons (Fsp3) is 1.00. The highest BCUT2D eigenvalue weighted by atomic mass is 16.5. The Morgan fingerprint density at radius 3 is 2.40 bits per heavy atom. The van der Waals surface area contributed by atoms with Gasteiger partial charge in [0, 0.05) is 39.3 Å². The van der Waals surface area contributed by atoms with E-state index in [-0.39, 0.29) is 0 Å². The molecule has 4 heteroatoms. The SMILES string of the molecule is CC(C)CCN1CCN(CCOCC2CCCO2)CC1. The zero-order valence-electron chi connectivity index (χ0n) is 13.4. The topological polar surface area (TPSA) is 24.9 Å². The molecule has 0 bridgehead atoms. The minimum absolute atomic E-state index is 0.364. The predicted octanol–water partition coefficient (Wildman–Crippen LogP) is 1.85. The van der Waals surface area contributed by atoms with E-state index in [1.165, 1.54) is 52.0 Å². The molecule has 2 fully saturated rings. The molecule has 2 heterocycles. The minimum atomic E-state index is 0.364. The van der Waals surface area contributed by atoms with Gasteiger partial charge in [0.1, 0.15) is 0 Å². The number of ether oxygens (including phenoxy) is 2. The van der Waals surface area contributed by atoms with Gasteiger partial charge in [0.2, 0.25) is 0 Å². The molecule has 0 amide bonds. The molecule has 2 saturated heterocycles. The third kappa shape index (κ3) is 6.08. The third-order valence-corrected chi connectivity index (χ3v) is 4.37. The largest absolute Gasteiger partial charge is 0.377 e. The molecule has 0 saturated carbocycles. The van der Waals surface area contributed by atoms with Crippen LogP contribution >= 0.6 is 0 Å². The number of hydrogen-bond donors (Lipinski definition) is 0. The summed E-state index contributed by atoms with van der Waals surface area (Å²) < 4.78 is 11.3. The second-order valence-electron chi connectivity index (χ2n) is 6.58. The lowest BCUT2D eigenvalue weighted by Gasteiger charge is -2.34. The van der Waals surface area contributed by atoms with Gasteiger partial charge in [0.05, 0.1) is 19.3 Å². The Bertz CT molecular complexity index is 247. The zero-order chi connectivity index (χ0) is 14.2. The summed E-state index contributed by atoms with van der Waals surface area (Å²) in [6.45, 7) is 14.3. The first kappa shape index (κ1) is 16.2. The van der Waals surface area contributed by atoms with Crippen molar-refractivity contribution in [2.24, 2.45) is 5.92 Å². The molecular weight excluding hydrogens is 252 g/mol. The summed E-state index contributed by atoms with van der Waals surface area (Å²) in [5, 5.41) is 0. The summed E-state index contributed by atoms with van der Waals surface area (Å²) in [5.74, 6) is 0.819. The summed E-state index contributed by atoms with van der Waals surface area (Å²) >= 11 is 0. The van der Waals surface area contributed by atoms with E-state index < -0.39 is 0 Å². The van der Waals surface area contributed by atoms with Crippen LogP contribution in [0.25, 0.3) is 0 Å². The highest BCUT2D eigenvalue weighted by molar-refractivity contribution is 4.72. The van der Waals surface area contributed by atoms with Crippen molar-refractivity contribution in [1.82, 2.24) is 9.80 Å². The van der Waals surface area contributed by atoms with Crippen molar-refractivity contribution >= 4 is 0 Å². The minimum Gasteiger partial charge on any atom is -0.377 e. The first-order valence-electron chi connectivity index (χ1n) is 8.38. The van der Waals surface area contributed by atoms with Crippen LogP contribution in [0.1, 0.15) is 33.1 Å². The molecule has 4 nitrogen and oxygen atoms in total. The standard InChI is InChI=1S/C16H32N2O2/c1-15(2)5-6-17-7-9-18(10-8-17)11-13-19-14-16-4-3-12-20-16/h15-16H,3-14H2,1-2H3. The van der Waals surface area contributed by atoms with Gasteiger partial charge in [-0.05, 0) is 31.7 Å². The molecule has 2 rings (SSSR count). The van der Waals surface area contributed by atoms with Crippen molar-refractivity contribution < 1.29 is 9.47 Å². The predicted molar refractivity (Wildman–Crippen MR) is 82.1 cm³/mol. The maximum Gasteiger partial charge on any atom is 0.0809 e. The van der Waals surface area contributed by atoms with Gasteiger partial charge in [-0.15, -0.1) is 0 Å². The first-order valence-corrected chi connectivity index (χ1v) is 8.38. The van der Waals surface area contributed by atoms with Gasteiger partial charge in [-0.1, -0.05) is 13.8 Å². The van der Waals surface area contributed by atoms with Crippen molar-refractivity contribution in [3.05, 3.63) is 0 Å². The van der Waals surface area contributed by atoms with Crippen LogP contribution in [0.4, 0.5) is 0 Å². The number of hydrogen-bond acceptors (Lipinski definition) is 4. The van der Waals surface area contributed by atoms with Crippen LogP contribution in [0.15, 0.2) is 0 Å². The van der Waals surface area contributed by atoms with E-state index in [1.54, 1.807) is 0 Å². The quantitative estimate of drug-likeness (QED) is 0.635. The van der Waals surface area contributed by atoms with Crippen molar-refractivity contribution in [2.75, 3.05) is 59.1 Å². The second kappa shape index (κ2) is 8.98. The second-order valence-corrected chi connectivity index (χ2v) is 6.58. The molecule has 0 aromatic rings. The van der Waals surface area contributed by atoms with Gasteiger partial charge in [0.15, 0.2) is 0 Å². The maximum absolute atomic E-state index is 5.75. The van der Waals surface area contributed by atoms with E-state index in [0.29, 0.717) is 6.10 Å². The van der Waals surface area contributed by atoms with Crippen LogP contribution in [-0.2, 0) is 9.47 Å². The van der Waals surface area contributed by atoms with Crippen molar-refractivity contribution in [2.45, 2.75) is 39.2 Å². The molecular formula is C16H32N2O2. The third-order valence-electron chi connectivity index (χ3n) is 4.37. The molecule has 2 aliphatic heterocycles. The van der Waals surface area contributed by atoms with Gasteiger partial charge in [-0.25, -0.2) is 0 Å². The lowest BCUT2D eigenvalue weighted by atomic mass is 10.1.